The molecule has 0 saturated heterocycles. The molecule has 3 nitrogen and oxygen atoms in total. The molecule has 0 aliphatic carbocycles. The van der Waals surface area contributed by atoms with Crippen molar-refractivity contribution in [2.45, 2.75) is 18.2 Å². The third-order valence-electron chi connectivity index (χ3n) is 1.72. The lowest BCUT2D eigenvalue weighted by Gasteiger charge is -2.02. The summed E-state index contributed by atoms with van der Waals surface area (Å²) in [5, 5.41) is 0.510. The molecule has 17 heavy (non-hydrogen) atoms. The van der Waals surface area contributed by atoms with E-state index in [1.165, 1.54) is 0 Å². The largest absolute Gasteiger partial charge is 0.466 e. The lowest BCUT2D eigenvalue weighted by Crippen LogP contribution is -2.08. The summed E-state index contributed by atoms with van der Waals surface area (Å²) in [6, 6.07) is 4.85. The maximum atomic E-state index is 11.5. The standard InChI is InChI=1S/C11H10Cl2O3S/c1-2-16-10(14)6-11(15)17-7-3-4-8(12)9(13)5-7/h3-5H,2,6H2,1H3. The van der Waals surface area contributed by atoms with Gasteiger partial charge in [-0.3, -0.25) is 9.59 Å². The van der Waals surface area contributed by atoms with Crippen LogP contribution in [0.4, 0.5) is 0 Å². The van der Waals surface area contributed by atoms with Gasteiger partial charge < -0.3 is 4.74 Å². The molecule has 0 atom stereocenters. The fourth-order valence-corrected chi connectivity index (χ4v) is 2.17. The van der Waals surface area contributed by atoms with Gasteiger partial charge in [-0.2, -0.15) is 0 Å². The van der Waals surface area contributed by atoms with E-state index in [0.717, 1.165) is 11.8 Å². The molecule has 0 unspecified atom stereocenters. The molecule has 0 N–H and O–H groups in total. The molecule has 0 spiro atoms. The van der Waals surface area contributed by atoms with Gasteiger partial charge in [-0.15, -0.1) is 0 Å². The smallest absolute Gasteiger partial charge is 0.314 e. The number of halogens is 2. The Bertz CT molecular complexity index is 435. The van der Waals surface area contributed by atoms with Crippen molar-refractivity contribution < 1.29 is 14.3 Å². The number of ether oxygens (including phenoxy) is 1. The highest BCUT2D eigenvalue weighted by atomic mass is 35.5. The van der Waals surface area contributed by atoms with Gasteiger partial charge in [0.05, 0.1) is 16.7 Å². The SMILES string of the molecule is CCOC(=O)CC(=O)Sc1ccc(Cl)c(Cl)c1. The Labute approximate surface area is 113 Å². The number of hydrogen-bond donors (Lipinski definition) is 0. The number of hydrogen-bond acceptors (Lipinski definition) is 4. The van der Waals surface area contributed by atoms with Gasteiger partial charge in [-0.1, -0.05) is 35.0 Å². The molecular weight excluding hydrogens is 283 g/mol. The molecule has 92 valence electrons. The third kappa shape index (κ3) is 4.98. The summed E-state index contributed by atoms with van der Waals surface area (Å²) in [4.78, 5) is 23.2. The van der Waals surface area contributed by atoms with E-state index >= 15 is 0 Å². The average molecular weight is 293 g/mol. The zero-order chi connectivity index (χ0) is 12.8. The van der Waals surface area contributed by atoms with Crippen molar-refractivity contribution in [1.82, 2.24) is 0 Å². The molecule has 1 rings (SSSR count). The van der Waals surface area contributed by atoms with Crippen LogP contribution in [0, 0.1) is 0 Å². The summed E-state index contributed by atoms with van der Waals surface area (Å²) in [6.07, 6.45) is -0.251. The first-order valence-corrected chi connectivity index (χ1v) is 6.41. The predicted molar refractivity (Wildman–Crippen MR) is 68.6 cm³/mol. The molecule has 0 saturated carbocycles. The Morgan fingerprint density at radius 3 is 2.59 bits per heavy atom. The summed E-state index contributed by atoms with van der Waals surface area (Å²) in [6.45, 7) is 1.96. The maximum absolute atomic E-state index is 11.5. The molecular formula is C11H10Cl2O3S. The molecule has 6 heteroatoms. The molecule has 0 radical (unpaired) electrons. The molecule has 0 bridgehead atoms. The average Bonchev–Trinajstić information content (AvgIpc) is 2.23. The molecule has 0 aliphatic heterocycles. The molecule has 1 aromatic carbocycles. The van der Waals surface area contributed by atoms with Gasteiger partial charge in [0, 0.05) is 4.90 Å². The molecule has 0 heterocycles. The van der Waals surface area contributed by atoms with Crippen LogP contribution in [-0.2, 0) is 14.3 Å². The van der Waals surface area contributed by atoms with E-state index in [-0.39, 0.29) is 18.1 Å². The topological polar surface area (TPSA) is 43.4 Å². The summed E-state index contributed by atoms with van der Waals surface area (Å²) in [5.74, 6) is -0.523. The van der Waals surface area contributed by atoms with Crippen molar-refractivity contribution in [3.8, 4) is 0 Å². The van der Waals surface area contributed by atoms with Crippen LogP contribution in [0.1, 0.15) is 13.3 Å². The van der Waals surface area contributed by atoms with Crippen LogP contribution in [-0.4, -0.2) is 17.7 Å². The van der Waals surface area contributed by atoms with Gasteiger partial charge in [0.2, 0.25) is 5.12 Å². The second-order valence-corrected chi connectivity index (χ2v) is 4.98. The van der Waals surface area contributed by atoms with Crippen LogP contribution in [0.3, 0.4) is 0 Å². The predicted octanol–water partition coefficient (Wildman–Crippen LogP) is 3.57. The number of benzene rings is 1. The van der Waals surface area contributed by atoms with E-state index in [1.807, 2.05) is 0 Å². The second-order valence-electron chi connectivity index (χ2n) is 3.03. The van der Waals surface area contributed by atoms with Crippen LogP contribution in [0.2, 0.25) is 10.0 Å². The van der Waals surface area contributed by atoms with Gasteiger partial charge in [-0.25, -0.2) is 0 Å². The van der Waals surface area contributed by atoms with Crippen molar-refractivity contribution in [3.63, 3.8) is 0 Å². The molecule has 0 aromatic heterocycles. The van der Waals surface area contributed by atoms with E-state index < -0.39 is 5.97 Å². The van der Waals surface area contributed by atoms with Crippen LogP contribution in [0.25, 0.3) is 0 Å². The first-order chi connectivity index (χ1) is 8.02. The fourth-order valence-electron chi connectivity index (χ4n) is 1.04. The quantitative estimate of drug-likeness (QED) is 0.483. The number of thioether (sulfide) groups is 1. The monoisotopic (exact) mass is 292 g/mol. The van der Waals surface area contributed by atoms with Crippen LogP contribution >= 0.6 is 35.0 Å². The van der Waals surface area contributed by atoms with Crippen molar-refractivity contribution in [3.05, 3.63) is 28.2 Å². The van der Waals surface area contributed by atoms with Gasteiger partial charge in [0.1, 0.15) is 6.42 Å². The van der Waals surface area contributed by atoms with Crippen LogP contribution in [0.5, 0.6) is 0 Å². The molecule has 0 amide bonds. The molecule has 0 aliphatic rings. The van der Waals surface area contributed by atoms with E-state index in [4.69, 9.17) is 23.2 Å². The summed E-state index contributed by atoms with van der Waals surface area (Å²) >= 11 is 12.5. The number of carbonyl (C=O) groups is 2. The Kier molecular flexibility index (Phi) is 5.82. The fraction of sp³-hybridized carbons (Fsp3) is 0.273. The molecule has 1 aromatic rings. The lowest BCUT2D eigenvalue weighted by atomic mass is 10.4. The highest BCUT2D eigenvalue weighted by Crippen LogP contribution is 2.28. The Hall–Kier alpha value is -0.710. The van der Waals surface area contributed by atoms with E-state index in [2.05, 4.69) is 4.74 Å². The Balaban J connectivity index is 2.56. The summed E-state index contributed by atoms with van der Waals surface area (Å²) < 4.78 is 4.67. The highest BCUT2D eigenvalue weighted by Gasteiger charge is 2.12. The van der Waals surface area contributed by atoms with E-state index in [9.17, 15) is 9.59 Å². The first-order valence-electron chi connectivity index (χ1n) is 4.84. The van der Waals surface area contributed by atoms with Gasteiger partial charge in [-0.05, 0) is 25.1 Å². The minimum atomic E-state index is -0.523. The van der Waals surface area contributed by atoms with Crippen LogP contribution < -0.4 is 0 Å². The van der Waals surface area contributed by atoms with Crippen molar-refractivity contribution in [2.24, 2.45) is 0 Å². The Morgan fingerprint density at radius 2 is 2.00 bits per heavy atom. The molecule has 0 fully saturated rings. The maximum Gasteiger partial charge on any atom is 0.314 e. The van der Waals surface area contributed by atoms with Gasteiger partial charge in [0.15, 0.2) is 0 Å². The van der Waals surface area contributed by atoms with Crippen molar-refractivity contribution in [2.75, 3.05) is 6.61 Å². The zero-order valence-electron chi connectivity index (χ0n) is 9.04. The normalized spacial score (nSPS) is 10.1. The third-order valence-corrected chi connectivity index (χ3v) is 3.32. The minimum absolute atomic E-state index is 0.251. The lowest BCUT2D eigenvalue weighted by molar-refractivity contribution is -0.144. The van der Waals surface area contributed by atoms with Crippen molar-refractivity contribution >= 4 is 46.0 Å². The number of carbonyl (C=O) groups excluding carboxylic acids is 2. The Morgan fingerprint density at radius 1 is 1.29 bits per heavy atom. The van der Waals surface area contributed by atoms with E-state index in [1.54, 1.807) is 25.1 Å². The summed E-state index contributed by atoms with van der Waals surface area (Å²) in [7, 11) is 0. The van der Waals surface area contributed by atoms with Crippen LogP contribution in [0.15, 0.2) is 23.1 Å². The van der Waals surface area contributed by atoms with Gasteiger partial charge >= 0.3 is 5.97 Å². The zero-order valence-corrected chi connectivity index (χ0v) is 11.4. The minimum Gasteiger partial charge on any atom is -0.466 e. The summed E-state index contributed by atoms with van der Waals surface area (Å²) in [5.41, 5.74) is 0. The van der Waals surface area contributed by atoms with Crippen molar-refractivity contribution in [1.29, 1.82) is 0 Å². The van der Waals surface area contributed by atoms with E-state index in [0.29, 0.717) is 14.9 Å². The first kappa shape index (κ1) is 14.4. The second kappa shape index (κ2) is 6.89. The highest BCUT2D eigenvalue weighted by molar-refractivity contribution is 8.13. The number of rotatable bonds is 4. The number of esters is 1. The van der Waals surface area contributed by atoms with Gasteiger partial charge in [0.25, 0.3) is 0 Å².